The van der Waals surface area contributed by atoms with Gasteiger partial charge in [-0.2, -0.15) is 0 Å². The van der Waals surface area contributed by atoms with E-state index in [9.17, 15) is 4.79 Å². The zero-order valence-electron chi connectivity index (χ0n) is 15.5. The lowest BCUT2D eigenvalue weighted by atomic mass is 10.1. The molecule has 2 heterocycles. The molecule has 2 aromatic heterocycles. The van der Waals surface area contributed by atoms with Gasteiger partial charge in [0.05, 0.1) is 17.5 Å². The van der Waals surface area contributed by atoms with E-state index in [2.05, 4.69) is 19.1 Å². The monoisotopic (exact) mass is 376 g/mol. The van der Waals surface area contributed by atoms with Gasteiger partial charge in [0.25, 0.3) is 5.91 Å². The number of pyridine rings is 1. The van der Waals surface area contributed by atoms with Gasteiger partial charge in [0.15, 0.2) is 0 Å². The molecular weight excluding hydrogens is 356 g/mol. The number of hydrogen-bond acceptors (Lipinski definition) is 4. The fourth-order valence-corrected chi connectivity index (χ4v) is 4.25. The van der Waals surface area contributed by atoms with Crippen molar-refractivity contribution in [3.05, 3.63) is 65.0 Å². The number of rotatable bonds is 4. The predicted octanol–water partition coefficient (Wildman–Crippen LogP) is 5.30. The lowest BCUT2D eigenvalue weighted by Crippen LogP contribution is -2.26. The summed E-state index contributed by atoms with van der Waals surface area (Å²) in [5, 5.41) is 2.02. The van der Waals surface area contributed by atoms with Crippen LogP contribution in [0.4, 0.5) is 5.69 Å². The second-order valence-corrected chi connectivity index (χ2v) is 7.43. The highest BCUT2D eigenvalue weighted by Crippen LogP contribution is 2.31. The fraction of sp³-hybridized carbons (Fsp3) is 0.182. The lowest BCUT2D eigenvalue weighted by molar-refractivity contribution is 0.0996. The van der Waals surface area contributed by atoms with E-state index in [1.165, 1.54) is 11.3 Å². The van der Waals surface area contributed by atoms with E-state index < -0.39 is 0 Å². The number of aryl methyl sites for hydroxylation is 1. The van der Waals surface area contributed by atoms with E-state index >= 15 is 0 Å². The Bertz CT molecular complexity index is 1150. The van der Waals surface area contributed by atoms with Gasteiger partial charge >= 0.3 is 0 Å². The number of carbonyl (C=O) groups is 1. The average Bonchev–Trinajstić information content (AvgIpc) is 3.13. The van der Waals surface area contributed by atoms with E-state index in [4.69, 9.17) is 9.72 Å². The smallest absolute Gasteiger partial charge is 0.268 e. The molecule has 0 radical (unpaired) electrons. The van der Waals surface area contributed by atoms with Gasteiger partial charge in [-0.3, -0.25) is 4.79 Å². The first-order valence-corrected chi connectivity index (χ1v) is 9.66. The van der Waals surface area contributed by atoms with Crippen molar-refractivity contribution in [2.24, 2.45) is 0 Å². The Hall–Kier alpha value is -2.92. The molecule has 0 aliphatic rings. The van der Waals surface area contributed by atoms with E-state index in [0.29, 0.717) is 4.88 Å². The Morgan fingerprint density at radius 1 is 1.11 bits per heavy atom. The molecule has 27 heavy (non-hydrogen) atoms. The van der Waals surface area contributed by atoms with Crippen molar-refractivity contribution in [1.29, 1.82) is 0 Å². The molecule has 0 saturated heterocycles. The summed E-state index contributed by atoms with van der Waals surface area (Å²) in [6.45, 7) is 2.10. The molecule has 0 atom stereocenters. The van der Waals surface area contributed by atoms with Crippen LogP contribution in [-0.4, -0.2) is 25.0 Å². The molecule has 0 aliphatic heterocycles. The summed E-state index contributed by atoms with van der Waals surface area (Å²) in [7, 11) is 3.47. The number of nitrogens with zero attached hydrogens (tertiary/aromatic N) is 2. The number of ether oxygens (including phenoxy) is 1. The molecular formula is C22H20N2O2S. The van der Waals surface area contributed by atoms with Gasteiger partial charge in [0.2, 0.25) is 0 Å². The van der Waals surface area contributed by atoms with E-state index in [0.717, 1.165) is 44.5 Å². The second kappa shape index (κ2) is 7.00. The van der Waals surface area contributed by atoms with Crippen LogP contribution in [0.5, 0.6) is 5.75 Å². The summed E-state index contributed by atoms with van der Waals surface area (Å²) in [5.74, 6) is 0.763. The van der Waals surface area contributed by atoms with Crippen molar-refractivity contribution in [3.63, 3.8) is 0 Å². The number of fused-ring (bicyclic) bond motifs is 2. The second-order valence-electron chi connectivity index (χ2n) is 6.40. The molecule has 1 amide bonds. The fourth-order valence-electron chi connectivity index (χ4n) is 3.25. The number of hydrogen-bond donors (Lipinski definition) is 0. The zero-order valence-corrected chi connectivity index (χ0v) is 16.3. The van der Waals surface area contributed by atoms with Crippen molar-refractivity contribution < 1.29 is 9.53 Å². The molecule has 0 aliphatic carbocycles. The van der Waals surface area contributed by atoms with Crippen LogP contribution in [0.1, 0.15) is 22.2 Å². The van der Waals surface area contributed by atoms with E-state index in [-0.39, 0.29) is 5.91 Å². The Morgan fingerprint density at radius 2 is 1.93 bits per heavy atom. The molecule has 5 heteroatoms. The summed E-state index contributed by atoms with van der Waals surface area (Å²) >= 11 is 1.43. The first-order chi connectivity index (χ1) is 13.1. The average molecular weight is 376 g/mol. The van der Waals surface area contributed by atoms with Gasteiger partial charge in [-0.05, 0) is 42.3 Å². The first-order valence-electron chi connectivity index (χ1n) is 8.85. The number of methoxy groups -OCH3 is 1. The maximum atomic E-state index is 13.1. The highest BCUT2D eigenvalue weighted by Gasteiger charge is 2.19. The lowest BCUT2D eigenvalue weighted by Gasteiger charge is -2.19. The first kappa shape index (κ1) is 17.5. The Balaban J connectivity index is 1.74. The molecule has 0 unspecified atom stereocenters. The van der Waals surface area contributed by atoms with E-state index in [1.807, 2.05) is 49.5 Å². The van der Waals surface area contributed by atoms with Crippen molar-refractivity contribution in [1.82, 2.24) is 4.98 Å². The third-order valence-corrected chi connectivity index (χ3v) is 5.79. The normalized spacial score (nSPS) is 11.1. The Morgan fingerprint density at radius 3 is 2.70 bits per heavy atom. The highest BCUT2D eigenvalue weighted by atomic mass is 32.1. The summed E-state index contributed by atoms with van der Waals surface area (Å²) in [5.41, 5.74) is 2.98. The summed E-state index contributed by atoms with van der Waals surface area (Å²) < 4.78 is 5.28. The van der Waals surface area contributed by atoms with Gasteiger partial charge in [0, 0.05) is 29.6 Å². The standard InChI is InChI=1S/C22H20N2O2S/c1-4-14-7-5-6-8-19(14)24(2)22(25)20-12-16-11-15-9-10-17(26-3)13-18(15)23-21(16)27-20/h5-13H,4H2,1-3H3. The highest BCUT2D eigenvalue weighted by molar-refractivity contribution is 7.20. The van der Waals surface area contributed by atoms with Gasteiger partial charge in [-0.1, -0.05) is 25.1 Å². The number of aromatic nitrogens is 1. The zero-order chi connectivity index (χ0) is 19.0. The minimum atomic E-state index is -0.0134. The van der Waals surface area contributed by atoms with Crippen LogP contribution in [0.3, 0.4) is 0 Å². The third kappa shape index (κ3) is 3.15. The quantitative estimate of drug-likeness (QED) is 0.485. The molecule has 0 N–H and O–H groups in total. The van der Waals surface area contributed by atoms with Gasteiger partial charge in [-0.25, -0.2) is 4.98 Å². The number of carbonyl (C=O) groups excluding carboxylic acids is 1. The maximum absolute atomic E-state index is 13.1. The maximum Gasteiger partial charge on any atom is 0.268 e. The number of anilines is 1. The third-order valence-electron chi connectivity index (χ3n) is 4.76. The van der Waals surface area contributed by atoms with Crippen LogP contribution in [0.2, 0.25) is 0 Å². The molecule has 4 rings (SSSR count). The number of para-hydroxylation sites is 1. The summed E-state index contributed by atoms with van der Waals surface area (Å²) in [6.07, 6.45) is 0.884. The molecule has 0 fully saturated rings. The number of benzene rings is 2. The molecule has 0 saturated carbocycles. The van der Waals surface area contributed by atoms with Crippen LogP contribution in [0.15, 0.2) is 54.6 Å². The van der Waals surface area contributed by atoms with Gasteiger partial charge in [0.1, 0.15) is 10.6 Å². The van der Waals surface area contributed by atoms with Crippen molar-refractivity contribution in [2.75, 3.05) is 19.1 Å². The summed E-state index contributed by atoms with van der Waals surface area (Å²) in [6, 6.07) is 17.9. The molecule has 4 aromatic rings. The summed E-state index contributed by atoms with van der Waals surface area (Å²) in [4.78, 5) is 21.1. The predicted molar refractivity (Wildman–Crippen MR) is 112 cm³/mol. The number of thiophene rings is 1. The molecule has 4 nitrogen and oxygen atoms in total. The topological polar surface area (TPSA) is 42.4 Å². The molecule has 2 aromatic carbocycles. The molecule has 0 bridgehead atoms. The van der Waals surface area contributed by atoms with Crippen LogP contribution in [0, 0.1) is 0 Å². The van der Waals surface area contributed by atoms with E-state index in [1.54, 1.807) is 12.0 Å². The van der Waals surface area contributed by atoms with Gasteiger partial charge in [-0.15, -0.1) is 11.3 Å². The Kier molecular flexibility index (Phi) is 4.54. The largest absolute Gasteiger partial charge is 0.497 e. The minimum absolute atomic E-state index is 0.0134. The number of amides is 1. The van der Waals surface area contributed by atoms with Crippen molar-refractivity contribution >= 4 is 44.1 Å². The minimum Gasteiger partial charge on any atom is -0.497 e. The molecule has 136 valence electrons. The van der Waals surface area contributed by atoms with Crippen LogP contribution in [-0.2, 0) is 6.42 Å². The van der Waals surface area contributed by atoms with Crippen molar-refractivity contribution in [2.45, 2.75) is 13.3 Å². The van der Waals surface area contributed by atoms with Crippen molar-refractivity contribution in [3.8, 4) is 5.75 Å². The Labute approximate surface area is 162 Å². The molecule has 0 spiro atoms. The van der Waals surface area contributed by atoms with Crippen LogP contribution >= 0.6 is 11.3 Å². The van der Waals surface area contributed by atoms with Gasteiger partial charge < -0.3 is 9.64 Å². The van der Waals surface area contributed by atoms with Crippen LogP contribution in [0.25, 0.3) is 21.1 Å². The SMILES string of the molecule is CCc1ccccc1N(C)C(=O)c1cc2cc3ccc(OC)cc3nc2s1. The van der Waals surface area contributed by atoms with Crippen LogP contribution < -0.4 is 9.64 Å².